The molecule has 0 radical (unpaired) electrons. The zero-order valence-corrected chi connectivity index (χ0v) is 16.0. The van der Waals surface area contributed by atoms with E-state index in [9.17, 15) is 14.8 Å². The Labute approximate surface area is 171 Å². The van der Waals surface area contributed by atoms with E-state index in [0.717, 1.165) is 22.6 Å². The second-order valence-electron chi connectivity index (χ2n) is 7.50. The smallest absolute Gasteiger partial charge is 0.160 e. The summed E-state index contributed by atoms with van der Waals surface area (Å²) in [5.41, 5.74) is 4.28. The van der Waals surface area contributed by atoms with Crippen LogP contribution in [0, 0.1) is 17.1 Å². The number of nitrogens with one attached hydrogen (secondary N) is 2. The molecule has 8 heteroatoms. The van der Waals surface area contributed by atoms with Crippen molar-refractivity contribution >= 4 is 16.7 Å². The lowest BCUT2D eigenvalue weighted by molar-refractivity contribution is 0.276. The van der Waals surface area contributed by atoms with Gasteiger partial charge in [0.1, 0.15) is 18.2 Å². The summed E-state index contributed by atoms with van der Waals surface area (Å²) in [6.07, 6.45) is 4.04. The number of nitriles is 1. The molecule has 2 aromatic heterocycles. The lowest BCUT2D eigenvalue weighted by Gasteiger charge is -2.19. The summed E-state index contributed by atoms with van der Waals surface area (Å²) in [4.78, 5) is 4.42. The predicted molar refractivity (Wildman–Crippen MR) is 110 cm³/mol. The van der Waals surface area contributed by atoms with Gasteiger partial charge in [-0.1, -0.05) is 12.1 Å². The standard InChI is InChI=1S/C22H19FN6O/c23-16-5-3-14(4-6-16)20(11-30)26-17-8-21-19(7-15(17)10-24)25-12-29(21)22-9-18(27-28-22)13-1-2-13/h3-9,12-13,20,26,30H,1-2,11H2,(H,27,28)/t20-/m0/s1. The largest absolute Gasteiger partial charge is 0.394 e. The molecule has 150 valence electrons. The summed E-state index contributed by atoms with van der Waals surface area (Å²) in [7, 11) is 0. The Bertz CT molecular complexity index is 1250. The lowest BCUT2D eigenvalue weighted by atomic mass is 10.1. The minimum Gasteiger partial charge on any atom is -0.394 e. The molecule has 2 heterocycles. The van der Waals surface area contributed by atoms with Crippen molar-refractivity contribution in [1.82, 2.24) is 19.7 Å². The van der Waals surface area contributed by atoms with Gasteiger partial charge in [-0.25, -0.2) is 9.37 Å². The Balaban J connectivity index is 1.53. The third-order valence-electron chi connectivity index (χ3n) is 5.44. The van der Waals surface area contributed by atoms with Gasteiger partial charge < -0.3 is 10.4 Å². The number of aromatic amines is 1. The number of anilines is 1. The number of aliphatic hydroxyl groups is 1. The van der Waals surface area contributed by atoms with Gasteiger partial charge in [0.15, 0.2) is 5.82 Å². The molecule has 1 aliphatic rings. The van der Waals surface area contributed by atoms with Crippen molar-refractivity contribution in [2.24, 2.45) is 0 Å². The fraction of sp³-hybridized carbons (Fsp3) is 0.227. The first-order chi connectivity index (χ1) is 14.7. The SMILES string of the molecule is N#Cc1cc2ncn(-c3cc(C4CC4)[nH]n3)c2cc1N[C@@H](CO)c1ccc(F)cc1. The van der Waals surface area contributed by atoms with Gasteiger partial charge >= 0.3 is 0 Å². The predicted octanol–water partition coefficient (Wildman–Crippen LogP) is 3.78. The molecule has 1 atom stereocenters. The number of rotatable bonds is 6. The van der Waals surface area contributed by atoms with Gasteiger partial charge in [0.2, 0.25) is 0 Å². The van der Waals surface area contributed by atoms with Crippen LogP contribution in [0.1, 0.15) is 41.6 Å². The average molecular weight is 402 g/mol. The summed E-state index contributed by atoms with van der Waals surface area (Å²) < 4.78 is 15.1. The molecule has 1 saturated carbocycles. The maximum absolute atomic E-state index is 13.3. The maximum atomic E-state index is 13.3. The molecule has 1 fully saturated rings. The fourth-order valence-electron chi connectivity index (χ4n) is 3.62. The van der Waals surface area contributed by atoms with E-state index in [0.29, 0.717) is 22.7 Å². The number of hydrogen-bond donors (Lipinski definition) is 3. The molecule has 2 aromatic carbocycles. The summed E-state index contributed by atoms with van der Waals surface area (Å²) in [5.74, 6) is 0.958. The highest BCUT2D eigenvalue weighted by Crippen LogP contribution is 2.39. The second kappa shape index (κ2) is 7.28. The fourth-order valence-corrected chi connectivity index (χ4v) is 3.62. The van der Waals surface area contributed by atoms with Crippen molar-refractivity contribution in [3.8, 4) is 11.9 Å². The Kier molecular flexibility index (Phi) is 4.45. The summed E-state index contributed by atoms with van der Waals surface area (Å²) >= 11 is 0. The van der Waals surface area contributed by atoms with E-state index in [1.165, 1.54) is 25.0 Å². The van der Waals surface area contributed by atoms with Crippen LogP contribution in [0.5, 0.6) is 0 Å². The highest BCUT2D eigenvalue weighted by Gasteiger charge is 2.26. The Morgan fingerprint density at radius 1 is 1.27 bits per heavy atom. The number of hydrogen-bond acceptors (Lipinski definition) is 5. The summed E-state index contributed by atoms with van der Waals surface area (Å²) in [6.45, 7) is -0.210. The highest BCUT2D eigenvalue weighted by molar-refractivity contribution is 5.84. The molecule has 3 N–H and O–H groups in total. The molecule has 5 rings (SSSR count). The van der Waals surface area contributed by atoms with E-state index in [1.807, 2.05) is 16.7 Å². The zero-order valence-electron chi connectivity index (χ0n) is 16.0. The number of benzene rings is 2. The number of fused-ring (bicyclic) bond motifs is 1. The van der Waals surface area contributed by atoms with Crippen LogP contribution in [0.2, 0.25) is 0 Å². The Hall–Kier alpha value is -3.70. The molecule has 0 unspecified atom stereocenters. The first-order valence-corrected chi connectivity index (χ1v) is 9.76. The summed E-state index contributed by atoms with van der Waals surface area (Å²) in [5, 5.41) is 30.2. The van der Waals surface area contributed by atoms with E-state index in [4.69, 9.17) is 0 Å². The number of imidazole rings is 1. The van der Waals surface area contributed by atoms with Crippen LogP contribution in [0.4, 0.5) is 10.1 Å². The number of aromatic nitrogens is 4. The van der Waals surface area contributed by atoms with E-state index in [1.54, 1.807) is 24.5 Å². The molecule has 0 saturated heterocycles. The normalized spacial score (nSPS) is 14.6. The van der Waals surface area contributed by atoms with Crippen LogP contribution in [0.25, 0.3) is 16.9 Å². The van der Waals surface area contributed by atoms with E-state index in [2.05, 4.69) is 26.6 Å². The first kappa shape index (κ1) is 18.3. The van der Waals surface area contributed by atoms with Crippen LogP contribution in [0.3, 0.4) is 0 Å². The average Bonchev–Trinajstić information content (AvgIpc) is 3.36. The molecule has 0 aliphatic heterocycles. The number of aliphatic hydroxyl groups excluding tert-OH is 1. The van der Waals surface area contributed by atoms with E-state index >= 15 is 0 Å². The van der Waals surface area contributed by atoms with Crippen molar-refractivity contribution in [3.63, 3.8) is 0 Å². The topological polar surface area (TPSA) is 103 Å². The molecular formula is C22H19FN6O. The minimum atomic E-state index is -0.488. The van der Waals surface area contributed by atoms with Gasteiger partial charge in [0, 0.05) is 17.7 Å². The van der Waals surface area contributed by atoms with Crippen molar-refractivity contribution in [1.29, 1.82) is 5.26 Å². The number of halogens is 1. The quantitative estimate of drug-likeness (QED) is 0.455. The van der Waals surface area contributed by atoms with Gasteiger partial charge in [-0.15, -0.1) is 0 Å². The monoisotopic (exact) mass is 402 g/mol. The van der Waals surface area contributed by atoms with Gasteiger partial charge in [-0.05, 0) is 42.7 Å². The van der Waals surface area contributed by atoms with Gasteiger partial charge in [-0.3, -0.25) is 9.67 Å². The second-order valence-corrected chi connectivity index (χ2v) is 7.50. The number of H-pyrrole nitrogens is 1. The van der Waals surface area contributed by atoms with Crippen molar-refractivity contribution in [2.75, 3.05) is 11.9 Å². The molecule has 0 amide bonds. The lowest BCUT2D eigenvalue weighted by Crippen LogP contribution is -2.15. The van der Waals surface area contributed by atoms with Crippen molar-refractivity contribution < 1.29 is 9.50 Å². The van der Waals surface area contributed by atoms with Crippen LogP contribution in [-0.2, 0) is 0 Å². The van der Waals surface area contributed by atoms with Crippen LogP contribution in [0.15, 0.2) is 48.8 Å². The molecular weight excluding hydrogens is 383 g/mol. The van der Waals surface area contributed by atoms with Crippen LogP contribution < -0.4 is 5.32 Å². The maximum Gasteiger partial charge on any atom is 0.160 e. The van der Waals surface area contributed by atoms with Crippen molar-refractivity contribution in [3.05, 3.63) is 71.4 Å². The molecule has 7 nitrogen and oxygen atoms in total. The molecule has 30 heavy (non-hydrogen) atoms. The van der Waals surface area contributed by atoms with Gasteiger partial charge in [0.05, 0.1) is 34.9 Å². The van der Waals surface area contributed by atoms with Gasteiger partial charge in [0.25, 0.3) is 0 Å². The highest BCUT2D eigenvalue weighted by atomic mass is 19.1. The summed E-state index contributed by atoms with van der Waals surface area (Å²) in [6, 6.07) is 13.2. The Morgan fingerprint density at radius 3 is 2.77 bits per heavy atom. The van der Waals surface area contributed by atoms with E-state index < -0.39 is 6.04 Å². The van der Waals surface area contributed by atoms with Crippen LogP contribution >= 0.6 is 0 Å². The molecule has 1 aliphatic carbocycles. The minimum absolute atomic E-state index is 0.210. The number of nitrogens with zero attached hydrogens (tertiary/aromatic N) is 4. The third kappa shape index (κ3) is 3.29. The van der Waals surface area contributed by atoms with Crippen LogP contribution in [-0.4, -0.2) is 31.5 Å². The first-order valence-electron chi connectivity index (χ1n) is 9.76. The third-order valence-corrected chi connectivity index (χ3v) is 5.44. The van der Waals surface area contributed by atoms with Gasteiger partial charge in [-0.2, -0.15) is 10.4 Å². The van der Waals surface area contributed by atoms with E-state index in [-0.39, 0.29) is 12.4 Å². The van der Waals surface area contributed by atoms with Crippen molar-refractivity contribution in [2.45, 2.75) is 24.8 Å². The zero-order chi connectivity index (χ0) is 20.7. The Morgan fingerprint density at radius 2 is 2.07 bits per heavy atom. The molecule has 0 spiro atoms. The molecule has 0 bridgehead atoms. The molecule has 4 aromatic rings.